The molecule has 0 aliphatic heterocycles. The lowest BCUT2D eigenvalue weighted by molar-refractivity contribution is -0.120. The number of carbonyl (C=O) groups is 2. The molecule has 0 unspecified atom stereocenters. The third-order valence-corrected chi connectivity index (χ3v) is 4.31. The van der Waals surface area contributed by atoms with E-state index in [4.69, 9.17) is 10.5 Å². The van der Waals surface area contributed by atoms with Gasteiger partial charge < -0.3 is 10.5 Å². The maximum absolute atomic E-state index is 11.6. The summed E-state index contributed by atoms with van der Waals surface area (Å²) in [5.74, 6) is 1.20. The Morgan fingerprint density at radius 1 is 1.35 bits per heavy atom. The van der Waals surface area contributed by atoms with Crippen molar-refractivity contribution in [3.8, 4) is 5.75 Å². The first-order valence-electron chi connectivity index (χ1n) is 7.96. The summed E-state index contributed by atoms with van der Waals surface area (Å²) >= 11 is 0. The fourth-order valence-corrected chi connectivity index (χ4v) is 2.71. The van der Waals surface area contributed by atoms with Gasteiger partial charge in [0.05, 0.1) is 7.11 Å². The molecule has 126 valence electrons. The van der Waals surface area contributed by atoms with Crippen LogP contribution in [0.3, 0.4) is 0 Å². The van der Waals surface area contributed by atoms with Crippen LogP contribution in [0.4, 0.5) is 4.79 Å². The van der Waals surface area contributed by atoms with Crippen molar-refractivity contribution in [3.05, 3.63) is 29.8 Å². The van der Waals surface area contributed by atoms with Crippen molar-refractivity contribution >= 4 is 11.9 Å². The molecule has 0 saturated heterocycles. The van der Waals surface area contributed by atoms with Crippen LogP contribution in [0.5, 0.6) is 5.75 Å². The normalized spacial score (nSPS) is 15.3. The summed E-state index contributed by atoms with van der Waals surface area (Å²) in [4.78, 5) is 24.7. The highest BCUT2D eigenvalue weighted by atomic mass is 16.5. The molecule has 6 nitrogen and oxygen atoms in total. The number of imide groups is 1. The SMILES string of the molecule is COc1ccc(CN(CCC(=O)NC(N)=O)[C@H](C)C2CC2)cc1. The molecule has 1 saturated carbocycles. The number of rotatable bonds is 8. The summed E-state index contributed by atoms with van der Waals surface area (Å²) in [7, 11) is 1.65. The van der Waals surface area contributed by atoms with Gasteiger partial charge in [-0.05, 0) is 43.4 Å². The van der Waals surface area contributed by atoms with Crippen molar-refractivity contribution in [1.29, 1.82) is 0 Å². The van der Waals surface area contributed by atoms with Gasteiger partial charge >= 0.3 is 6.03 Å². The van der Waals surface area contributed by atoms with Gasteiger partial charge in [-0.3, -0.25) is 15.0 Å². The number of carbonyl (C=O) groups excluding carboxylic acids is 2. The molecule has 1 atom stereocenters. The quantitative estimate of drug-likeness (QED) is 0.766. The van der Waals surface area contributed by atoms with Crippen molar-refractivity contribution in [2.24, 2.45) is 11.7 Å². The van der Waals surface area contributed by atoms with E-state index in [2.05, 4.69) is 17.1 Å². The average Bonchev–Trinajstić information content (AvgIpc) is 3.35. The summed E-state index contributed by atoms with van der Waals surface area (Å²) in [6.07, 6.45) is 2.75. The van der Waals surface area contributed by atoms with Crippen LogP contribution in [-0.4, -0.2) is 36.5 Å². The van der Waals surface area contributed by atoms with Crippen LogP contribution in [0.25, 0.3) is 0 Å². The molecule has 0 spiro atoms. The number of ether oxygens (including phenoxy) is 1. The zero-order valence-corrected chi connectivity index (χ0v) is 13.7. The molecule has 3 amide bonds. The van der Waals surface area contributed by atoms with Crippen LogP contribution in [0, 0.1) is 5.92 Å². The van der Waals surface area contributed by atoms with E-state index in [1.165, 1.54) is 18.4 Å². The van der Waals surface area contributed by atoms with Gasteiger partial charge in [-0.1, -0.05) is 12.1 Å². The molecular formula is C17H25N3O3. The number of urea groups is 1. The zero-order valence-electron chi connectivity index (χ0n) is 13.7. The fourth-order valence-electron chi connectivity index (χ4n) is 2.71. The Bertz CT molecular complexity index is 541. The molecule has 0 radical (unpaired) electrons. The highest BCUT2D eigenvalue weighted by molar-refractivity contribution is 5.93. The molecule has 0 bridgehead atoms. The van der Waals surface area contributed by atoms with Gasteiger partial charge in [-0.25, -0.2) is 4.79 Å². The summed E-state index contributed by atoms with van der Waals surface area (Å²) < 4.78 is 5.18. The topological polar surface area (TPSA) is 84.7 Å². The summed E-state index contributed by atoms with van der Waals surface area (Å²) in [6, 6.07) is 7.57. The first kappa shape index (κ1) is 17.3. The van der Waals surface area contributed by atoms with Crippen molar-refractivity contribution < 1.29 is 14.3 Å². The lowest BCUT2D eigenvalue weighted by Crippen LogP contribution is -2.40. The van der Waals surface area contributed by atoms with E-state index < -0.39 is 6.03 Å². The van der Waals surface area contributed by atoms with Gasteiger partial charge in [-0.15, -0.1) is 0 Å². The third-order valence-electron chi connectivity index (χ3n) is 4.31. The Labute approximate surface area is 137 Å². The zero-order chi connectivity index (χ0) is 16.8. The maximum Gasteiger partial charge on any atom is 0.318 e. The smallest absolute Gasteiger partial charge is 0.318 e. The van der Waals surface area contributed by atoms with Crippen LogP contribution < -0.4 is 15.8 Å². The van der Waals surface area contributed by atoms with Gasteiger partial charge in [0.15, 0.2) is 0 Å². The Hall–Kier alpha value is -2.08. The first-order chi connectivity index (χ1) is 11.0. The molecule has 1 aliphatic rings. The predicted octanol–water partition coefficient (Wildman–Crippen LogP) is 1.88. The van der Waals surface area contributed by atoms with Crippen LogP contribution in [0.2, 0.25) is 0 Å². The van der Waals surface area contributed by atoms with E-state index in [-0.39, 0.29) is 12.3 Å². The largest absolute Gasteiger partial charge is 0.497 e. The Kier molecular flexibility index (Phi) is 5.98. The number of amides is 3. The van der Waals surface area contributed by atoms with Crippen molar-refractivity contribution in [3.63, 3.8) is 0 Å². The minimum Gasteiger partial charge on any atom is -0.497 e. The van der Waals surface area contributed by atoms with Gasteiger partial charge in [-0.2, -0.15) is 0 Å². The number of primary amides is 1. The van der Waals surface area contributed by atoms with E-state index in [9.17, 15) is 9.59 Å². The van der Waals surface area contributed by atoms with Crippen LogP contribution in [-0.2, 0) is 11.3 Å². The number of benzene rings is 1. The fraction of sp³-hybridized carbons (Fsp3) is 0.529. The second-order valence-electron chi connectivity index (χ2n) is 6.06. The van der Waals surface area contributed by atoms with E-state index in [1.807, 2.05) is 24.3 Å². The molecule has 0 heterocycles. The van der Waals surface area contributed by atoms with Gasteiger partial charge in [0.25, 0.3) is 0 Å². The third kappa shape index (κ3) is 5.56. The van der Waals surface area contributed by atoms with E-state index in [1.54, 1.807) is 7.11 Å². The van der Waals surface area contributed by atoms with Crippen molar-refractivity contribution in [2.75, 3.05) is 13.7 Å². The van der Waals surface area contributed by atoms with E-state index >= 15 is 0 Å². The number of hydrogen-bond acceptors (Lipinski definition) is 4. The Balaban J connectivity index is 1.95. The maximum atomic E-state index is 11.6. The highest BCUT2D eigenvalue weighted by Crippen LogP contribution is 2.35. The first-order valence-corrected chi connectivity index (χ1v) is 7.96. The van der Waals surface area contributed by atoms with Gasteiger partial charge in [0.1, 0.15) is 5.75 Å². The van der Waals surface area contributed by atoms with Crippen molar-refractivity contribution in [2.45, 2.75) is 38.8 Å². The number of nitrogens with one attached hydrogen (secondary N) is 1. The molecule has 6 heteroatoms. The second-order valence-corrected chi connectivity index (χ2v) is 6.06. The standard InChI is InChI=1S/C17H25N3O3/c1-12(14-5-6-14)20(10-9-16(21)19-17(18)22)11-13-3-7-15(23-2)8-4-13/h3-4,7-8,12,14H,5-6,9-11H2,1-2H3,(H3,18,19,21,22)/t12-/m1/s1. The molecule has 1 aliphatic carbocycles. The second kappa shape index (κ2) is 7.97. The highest BCUT2D eigenvalue weighted by Gasteiger charge is 2.32. The molecule has 0 aromatic heterocycles. The van der Waals surface area contributed by atoms with Crippen molar-refractivity contribution in [1.82, 2.24) is 10.2 Å². The summed E-state index contributed by atoms with van der Waals surface area (Å²) in [5, 5.41) is 2.12. The van der Waals surface area contributed by atoms with Gasteiger partial charge in [0.2, 0.25) is 5.91 Å². The summed E-state index contributed by atoms with van der Waals surface area (Å²) in [6.45, 7) is 3.57. The van der Waals surface area contributed by atoms with E-state index in [0.29, 0.717) is 18.5 Å². The van der Waals surface area contributed by atoms with Gasteiger partial charge in [0, 0.05) is 25.6 Å². The monoisotopic (exact) mass is 319 g/mol. The lowest BCUT2D eigenvalue weighted by atomic mass is 10.1. The number of hydrogen-bond donors (Lipinski definition) is 2. The minimum absolute atomic E-state index is 0.260. The van der Waals surface area contributed by atoms with Crippen LogP contribution in [0.1, 0.15) is 31.7 Å². The Morgan fingerprint density at radius 2 is 2.00 bits per heavy atom. The molecule has 1 fully saturated rings. The molecule has 2 rings (SSSR count). The number of nitrogens with two attached hydrogens (primary N) is 1. The number of methoxy groups -OCH3 is 1. The summed E-state index contributed by atoms with van der Waals surface area (Å²) in [5.41, 5.74) is 6.15. The van der Waals surface area contributed by atoms with Crippen LogP contribution >= 0.6 is 0 Å². The molecular weight excluding hydrogens is 294 g/mol. The van der Waals surface area contributed by atoms with Crippen LogP contribution in [0.15, 0.2) is 24.3 Å². The average molecular weight is 319 g/mol. The lowest BCUT2D eigenvalue weighted by Gasteiger charge is -2.29. The molecule has 3 N–H and O–H groups in total. The Morgan fingerprint density at radius 3 is 2.52 bits per heavy atom. The minimum atomic E-state index is -0.799. The molecule has 23 heavy (non-hydrogen) atoms. The van der Waals surface area contributed by atoms with E-state index in [0.717, 1.165) is 12.3 Å². The number of nitrogens with zero attached hydrogens (tertiary/aromatic N) is 1. The molecule has 1 aromatic rings. The predicted molar refractivity (Wildman–Crippen MR) is 87.9 cm³/mol. The molecule has 1 aromatic carbocycles.